The van der Waals surface area contributed by atoms with Gasteiger partial charge in [0.05, 0.1) is 12.8 Å². The van der Waals surface area contributed by atoms with Crippen LogP contribution in [0.2, 0.25) is 0 Å². The third-order valence-electron chi connectivity index (χ3n) is 3.80. The number of benzene rings is 2. The van der Waals surface area contributed by atoms with Crippen LogP contribution in [0.5, 0.6) is 0 Å². The van der Waals surface area contributed by atoms with Crippen LogP contribution < -0.4 is 5.56 Å². The van der Waals surface area contributed by atoms with Crippen molar-refractivity contribution < 1.29 is 9.53 Å². The lowest BCUT2D eigenvalue weighted by molar-refractivity contribution is -0.144. The summed E-state index contributed by atoms with van der Waals surface area (Å²) in [6, 6.07) is 16.2. The minimum atomic E-state index is -0.776. The molecule has 0 fully saturated rings. The molecule has 3 rings (SSSR count). The largest absolute Gasteiger partial charge is 0.467 e. The first-order chi connectivity index (χ1) is 11.1. The lowest BCUT2D eigenvalue weighted by Gasteiger charge is -2.13. The van der Waals surface area contributed by atoms with Gasteiger partial charge in [0.2, 0.25) is 0 Å². The molecule has 1 heterocycles. The van der Waals surface area contributed by atoms with Gasteiger partial charge in [0.1, 0.15) is 0 Å². The molecule has 0 saturated carbocycles. The molecule has 0 spiro atoms. The van der Waals surface area contributed by atoms with Crippen LogP contribution in [0.15, 0.2) is 59.4 Å². The minimum absolute atomic E-state index is 0.341. The maximum atomic E-state index is 12.0. The topological polar surface area (TPSA) is 61.2 Å². The smallest absolute Gasteiger partial charge is 0.330 e. The lowest BCUT2D eigenvalue weighted by Crippen LogP contribution is -2.30. The molecule has 0 aliphatic heterocycles. The van der Waals surface area contributed by atoms with Gasteiger partial charge in [-0.25, -0.2) is 9.48 Å². The van der Waals surface area contributed by atoms with E-state index in [0.29, 0.717) is 5.69 Å². The highest BCUT2D eigenvalue weighted by atomic mass is 16.5. The summed E-state index contributed by atoms with van der Waals surface area (Å²) in [7, 11) is 1.29. The van der Waals surface area contributed by atoms with Gasteiger partial charge < -0.3 is 4.74 Å². The van der Waals surface area contributed by atoms with Gasteiger partial charge in [0.15, 0.2) is 6.04 Å². The molecular weight excluding hydrogens is 292 g/mol. The van der Waals surface area contributed by atoms with E-state index in [2.05, 4.69) is 5.10 Å². The van der Waals surface area contributed by atoms with Gasteiger partial charge in [-0.15, -0.1) is 0 Å². The molecule has 1 atom stereocenters. The third kappa shape index (κ3) is 2.73. The maximum Gasteiger partial charge on any atom is 0.330 e. The second-order valence-corrected chi connectivity index (χ2v) is 5.23. The van der Waals surface area contributed by atoms with E-state index in [4.69, 9.17) is 4.74 Å². The maximum absolute atomic E-state index is 12.0. The molecule has 116 valence electrons. The van der Waals surface area contributed by atoms with Crippen molar-refractivity contribution in [2.75, 3.05) is 7.11 Å². The number of carbonyl (C=O) groups is 1. The highest BCUT2D eigenvalue weighted by Crippen LogP contribution is 2.26. The van der Waals surface area contributed by atoms with E-state index in [1.165, 1.54) is 13.2 Å². The average Bonchev–Trinajstić information content (AvgIpc) is 2.60. The Bertz CT molecular complexity index is 925. The van der Waals surface area contributed by atoms with E-state index in [1.807, 2.05) is 42.5 Å². The first-order valence-electron chi connectivity index (χ1n) is 7.27. The van der Waals surface area contributed by atoms with Crippen LogP contribution in [-0.2, 0) is 9.53 Å². The second kappa shape index (κ2) is 6.04. The quantitative estimate of drug-likeness (QED) is 0.698. The first-order valence-corrected chi connectivity index (χ1v) is 7.27. The van der Waals surface area contributed by atoms with E-state index >= 15 is 0 Å². The summed E-state index contributed by atoms with van der Waals surface area (Å²) < 4.78 is 5.85. The van der Waals surface area contributed by atoms with Crippen molar-refractivity contribution in [3.8, 4) is 11.3 Å². The summed E-state index contributed by atoms with van der Waals surface area (Å²) in [6.07, 6.45) is 0. The minimum Gasteiger partial charge on any atom is -0.467 e. The molecular formula is C18H16N2O3. The van der Waals surface area contributed by atoms with Crippen molar-refractivity contribution in [1.29, 1.82) is 0 Å². The van der Waals surface area contributed by atoms with E-state index in [1.54, 1.807) is 13.0 Å². The predicted molar refractivity (Wildman–Crippen MR) is 88.2 cm³/mol. The highest BCUT2D eigenvalue weighted by Gasteiger charge is 2.18. The lowest BCUT2D eigenvalue weighted by atomic mass is 10.0. The molecule has 0 aliphatic carbocycles. The van der Waals surface area contributed by atoms with E-state index in [-0.39, 0.29) is 5.56 Å². The Balaban J connectivity index is 2.17. The fraction of sp³-hybridized carbons (Fsp3) is 0.167. The Morgan fingerprint density at radius 2 is 1.83 bits per heavy atom. The number of hydrogen-bond acceptors (Lipinski definition) is 4. The van der Waals surface area contributed by atoms with Gasteiger partial charge in [0, 0.05) is 11.6 Å². The van der Waals surface area contributed by atoms with Crippen LogP contribution in [0.25, 0.3) is 22.0 Å². The van der Waals surface area contributed by atoms with Crippen molar-refractivity contribution >= 4 is 16.7 Å². The molecule has 0 amide bonds. The molecule has 0 bridgehead atoms. The van der Waals surface area contributed by atoms with Crippen molar-refractivity contribution in [3.63, 3.8) is 0 Å². The number of esters is 1. The summed E-state index contributed by atoms with van der Waals surface area (Å²) >= 11 is 0. The molecule has 0 saturated heterocycles. The zero-order valence-corrected chi connectivity index (χ0v) is 12.9. The van der Waals surface area contributed by atoms with Crippen molar-refractivity contribution in [3.05, 3.63) is 65.0 Å². The van der Waals surface area contributed by atoms with Crippen molar-refractivity contribution in [2.24, 2.45) is 0 Å². The molecule has 1 unspecified atom stereocenters. The monoisotopic (exact) mass is 308 g/mol. The molecule has 5 nitrogen and oxygen atoms in total. The molecule has 0 radical (unpaired) electrons. The fourth-order valence-electron chi connectivity index (χ4n) is 2.57. The number of aromatic nitrogens is 2. The SMILES string of the molecule is COC(=O)C(C)n1nc(-c2cccc3ccccc23)ccc1=O. The summed E-state index contributed by atoms with van der Waals surface area (Å²) in [5, 5.41) is 6.49. The Kier molecular flexibility index (Phi) is 3.93. The summed E-state index contributed by atoms with van der Waals surface area (Å²) in [6.45, 7) is 1.59. The van der Waals surface area contributed by atoms with Crippen molar-refractivity contribution in [2.45, 2.75) is 13.0 Å². The molecule has 3 aromatic rings. The van der Waals surface area contributed by atoms with E-state index in [0.717, 1.165) is 21.0 Å². The highest BCUT2D eigenvalue weighted by molar-refractivity contribution is 5.95. The first kappa shape index (κ1) is 15.0. The van der Waals surface area contributed by atoms with Crippen LogP contribution in [0.3, 0.4) is 0 Å². The molecule has 2 aromatic carbocycles. The number of ether oxygens (including phenoxy) is 1. The van der Waals surface area contributed by atoms with Crippen LogP contribution in [0, 0.1) is 0 Å². The van der Waals surface area contributed by atoms with Gasteiger partial charge in [-0.05, 0) is 23.8 Å². The normalized spacial score (nSPS) is 12.1. The zero-order valence-electron chi connectivity index (χ0n) is 12.9. The van der Waals surface area contributed by atoms with E-state index < -0.39 is 12.0 Å². The van der Waals surface area contributed by atoms with Crippen LogP contribution >= 0.6 is 0 Å². The predicted octanol–water partition coefficient (Wildman–Crippen LogP) is 2.80. The number of fused-ring (bicyclic) bond motifs is 1. The van der Waals surface area contributed by atoms with Gasteiger partial charge in [-0.1, -0.05) is 42.5 Å². The third-order valence-corrected chi connectivity index (χ3v) is 3.80. The standard InChI is InChI=1S/C18H16N2O3/c1-12(18(22)23-2)20-17(21)11-10-16(19-20)15-9-5-7-13-6-3-4-8-14(13)15/h3-12H,1-2H3. The van der Waals surface area contributed by atoms with Gasteiger partial charge in [-0.3, -0.25) is 4.79 Å². The molecule has 5 heteroatoms. The molecule has 0 N–H and O–H groups in total. The number of nitrogens with zero attached hydrogens (tertiary/aromatic N) is 2. The van der Waals surface area contributed by atoms with Crippen LogP contribution in [0.4, 0.5) is 0 Å². The van der Waals surface area contributed by atoms with Crippen LogP contribution in [0.1, 0.15) is 13.0 Å². The van der Waals surface area contributed by atoms with E-state index in [9.17, 15) is 9.59 Å². The zero-order chi connectivity index (χ0) is 16.4. The molecule has 1 aromatic heterocycles. The van der Waals surface area contributed by atoms with Gasteiger partial charge in [0.25, 0.3) is 5.56 Å². The number of methoxy groups -OCH3 is 1. The second-order valence-electron chi connectivity index (χ2n) is 5.23. The summed E-state index contributed by atoms with van der Waals surface area (Å²) in [5.41, 5.74) is 1.21. The number of hydrogen-bond donors (Lipinski definition) is 0. The Morgan fingerprint density at radius 1 is 1.09 bits per heavy atom. The fourth-order valence-corrected chi connectivity index (χ4v) is 2.57. The Morgan fingerprint density at radius 3 is 2.61 bits per heavy atom. The molecule has 23 heavy (non-hydrogen) atoms. The van der Waals surface area contributed by atoms with Crippen LogP contribution in [-0.4, -0.2) is 22.9 Å². The van der Waals surface area contributed by atoms with Crippen molar-refractivity contribution in [1.82, 2.24) is 9.78 Å². The number of rotatable bonds is 3. The number of carbonyl (C=O) groups excluding carboxylic acids is 1. The average molecular weight is 308 g/mol. The summed E-state index contributed by atoms with van der Waals surface area (Å²) in [5.74, 6) is -0.505. The van der Waals surface area contributed by atoms with Gasteiger partial charge >= 0.3 is 5.97 Å². The Labute approximate surface area is 133 Å². The molecule has 0 aliphatic rings. The summed E-state index contributed by atoms with van der Waals surface area (Å²) in [4.78, 5) is 23.7. The Hall–Kier alpha value is -2.95. The van der Waals surface area contributed by atoms with Gasteiger partial charge in [-0.2, -0.15) is 5.10 Å².